The third-order valence-corrected chi connectivity index (χ3v) is 3.56. The average molecular weight is 228 g/mol. The molecule has 0 aromatic heterocycles. The lowest BCUT2D eigenvalue weighted by Crippen LogP contribution is -2.22. The largest absolute Gasteiger partial charge is 0.299 e. The molecular weight excluding hydrogens is 208 g/mol. The number of carbonyl (C=O) groups is 1. The molecule has 1 aromatic rings. The molecule has 1 fully saturated rings. The smallest absolute Gasteiger partial charge is 0.136 e. The van der Waals surface area contributed by atoms with Crippen molar-refractivity contribution >= 4 is 11.9 Å². The van der Waals surface area contributed by atoms with Crippen molar-refractivity contribution in [3.8, 4) is 0 Å². The first-order valence-electron chi connectivity index (χ1n) is 6.50. The van der Waals surface area contributed by atoms with E-state index < -0.39 is 0 Å². The maximum atomic E-state index is 11.7. The van der Waals surface area contributed by atoms with Crippen LogP contribution in [0.15, 0.2) is 36.4 Å². The van der Waals surface area contributed by atoms with Gasteiger partial charge in [0.2, 0.25) is 0 Å². The van der Waals surface area contributed by atoms with Gasteiger partial charge < -0.3 is 0 Å². The minimum atomic E-state index is 0.263. The summed E-state index contributed by atoms with van der Waals surface area (Å²) in [5.41, 5.74) is 1.21. The normalized spacial score (nSPS) is 25.4. The third kappa shape index (κ3) is 3.55. The molecule has 0 N–H and O–H groups in total. The van der Waals surface area contributed by atoms with Crippen molar-refractivity contribution in [1.29, 1.82) is 0 Å². The van der Waals surface area contributed by atoms with Gasteiger partial charge in [-0.2, -0.15) is 0 Å². The van der Waals surface area contributed by atoms with E-state index in [0.29, 0.717) is 11.7 Å². The number of Topliss-reactive ketones (excluding diaryl/α,β-unsaturated/α-hetero) is 1. The van der Waals surface area contributed by atoms with Crippen molar-refractivity contribution in [3.05, 3.63) is 42.0 Å². The summed E-state index contributed by atoms with van der Waals surface area (Å²) < 4.78 is 0. The van der Waals surface area contributed by atoms with Gasteiger partial charge in [-0.05, 0) is 30.7 Å². The van der Waals surface area contributed by atoms with Gasteiger partial charge in [0, 0.05) is 12.3 Å². The fraction of sp³-hybridized carbons (Fsp3) is 0.438. The lowest BCUT2D eigenvalue weighted by atomic mass is 9.80. The third-order valence-electron chi connectivity index (χ3n) is 3.56. The predicted molar refractivity (Wildman–Crippen MR) is 71.6 cm³/mol. The summed E-state index contributed by atoms with van der Waals surface area (Å²) >= 11 is 0. The van der Waals surface area contributed by atoms with Crippen molar-refractivity contribution < 1.29 is 4.79 Å². The molecule has 0 spiro atoms. The van der Waals surface area contributed by atoms with Crippen molar-refractivity contribution in [2.45, 2.75) is 32.6 Å². The molecule has 0 saturated heterocycles. The molecule has 1 heteroatoms. The van der Waals surface area contributed by atoms with Crippen LogP contribution in [0.25, 0.3) is 6.08 Å². The molecule has 0 amide bonds. The van der Waals surface area contributed by atoms with E-state index in [9.17, 15) is 4.79 Å². The number of ketones is 1. The van der Waals surface area contributed by atoms with Crippen LogP contribution in [0.3, 0.4) is 0 Å². The molecule has 1 nitrogen and oxygen atoms in total. The number of hydrogen-bond acceptors (Lipinski definition) is 1. The molecule has 0 bridgehead atoms. The van der Waals surface area contributed by atoms with Crippen LogP contribution in [-0.4, -0.2) is 5.78 Å². The zero-order valence-corrected chi connectivity index (χ0v) is 10.4. The van der Waals surface area contributed by atoms with E-state index in [2.05, 4.69) is 31.2 Å². The highest BCUT2D eigenvalue weighted by Gasteiger charge is 2.24. The summed E-state index contributed by atoms with van der Waals surface area (Å²) in [6.45, 7) is 2.25. The van der Waals surface area contributed by atoms with Gasteiger partial charge in [0.25, 0.3) is 0 Å². The number of allylic oxidation sites excluding steroid dienone is 1. The molecule has 1 saturated carbocycles. The highest BCUT2D eigenvalue weighted by molar-refractivity contribution is 5.82. The average Bonchev–Trinajstić information content (AvgIpc) is 2.35. The maximum Gasteiger partial charge on any atom is 0.136 e. The quantitative estimate of drug-likeness (QED) is 0.761. The van der Waals surface area contributed by atoms with Crippen LogP contribution >= 0.6 is 0 Å². The predicted octanol–water partition coefficient (Wildman–Crippen LogP) is 4.10. The van der Waals surface area contributed by atoms with Crippen molar-refractivity contribution in [3.63, 3.8) is 0 Å². The van der Waals surface area contributed by atoms with E-state index in [0.717, 1.165) is 25.7 Å². The van der Waals surface area contributed by atoms with Crippen LogP contribution < -0.4 is 0 Å². The maximum absolute atomic E-state index is 11.7. The molecular formula is C16H20O. The van der Waals surface area contributed by atoms with Gasteiger partial charge in [0.05, 0.1) is 0 Å². The van der Waals surface area contributed by atoms with Gasteiger partial charge in [-0.15, -0.1) is 0 Å². The highest BCUT2D eigenvalue weighted by Crippen LogP contribution is 2.28. The Morgan fingerprint density at radius 1 is 1.29 bits per heavy atom. The first-order valence-corrected chi connectivity index (χ1v) is 6.50. The SMILES string of the molecule is CC1CCC(=O)C(CC=Cc2ccccc2)C1. The Balaban J connectivity index is 1.89. The van der Waals surface area contributed by atoms with E-state index in [1.807, 2.05) is 18.2 Å². The number of hydrogen-bond donors (Lipinski definition) is 0. The zero-order chi connectivity index (χ0) is 12.1. The van der Waals surface area contributed by atoms with Gasteiger partial charge in [-0.1, -0.05) is 49.4 Å². The van der Waals surface area contributed by atoms with E-state index in [-0.39, 0.29) is 5.92 Å². The Morgan fingerprint density at radius 2 is 2.06 bits per heavy atom. The van der Waals surface area contributed by atoms with Crippen molar-refractivity contribution in [1.82, 2.24) is 0 Å². The van der Waals surface area contributed by atoms with E-state index in [1.54, 1.807) is 0 Å². The Kier molecular flexibility index (Phi) is 4.13. The monoisotopic (exact) mass is 228 g/mol. The molecule has 1 aliphatic rings. The second-order valence-corrected chi connectivity index (χ2v) is 5.09. The standard InChI is InChI=1S/C16H20O/c1-13-10-11-16(17)15(12-13)9-5-8-14-6-3-2-4-7-14/h2-8,13,15H,9-12H2,1H3. The lowest BCUT2D eigenvalue weighted by Gasteiger charge is -2.24. The van der Waals surface area contributed by atoms with Crippen LogP contribution in [0.1, 0.15) is 38.2 Å². The van der Waals surface area contributed by atoms with Gasteiger partial charge in [-0.3, -0.25) is 4.79 Å². The molecule has 2 atom stereocenters. The van der Waals surface area contributed by atoms with E-state index in [4.69, 9.17) is 0 Å². The Bertz CT molecular complexity index is 391. The molecule has 0 heterocycles. The summed E-state index contributed by atoms with van der Waals surface area (Å²) in [5, 5.41) is 0. The zero-order valence-electron chi connectivity index (χ0n) is 10.4. The van der Waals surface area contributed by atoms with Crippen LogP contribution in [0, 0.1) is 11.8 Å². The summed E-state index contributed by atoms with van der Waals surface area (Å²) in [6, 6.07) is 10.3. The Hall–Kier alpha value is -1.37. The first-order chi connectivity index (χ1) is 8.25. The lowest BCUT2D eigenvalue weighted by molar-refractivity contribution is -0.125. The molecule has 1 aromatic carbocycles. The first kappa shape index (κ1) is 12.1. The molecule has 0 aliphatic heterocycles. The number of rotatable bonds is 3. The van der Waals surface area contributed by atoms with Crippen LogP contribution in [0.5, 0.6) is 0 Å². The molecule has 17 heavy (non-hydrogen) atoms. The van der Waals surface area contributed by atoms with Crippen LogP contribution in [0.2, 0.25) is 0 Å². The van der Waals surface area contributed by atoms with E-state index in [1.165, 1.54) is 5.56 Å². The Morgan fingerprint density at radius 3 is 2.82 bits per heavy atom. The second-order valence-electron chi connectivity index (χ2n) is 5.09. The van der Waals surface area contributed by atoms with Crippen molar-refractivity contribution in [2.75, 3.05) is 0 Å². The minimum absolute atomic E-state index is 0.263. The molecule has 0 radical (unpaired) electrons. The summed E-state index contributed by atoms with van der Waals surface area (Å²) in [6.07, 6.45) is 8.10. The van der Waals surface area contributed by atoms with Crippen LogP contribution in [-0.2, 0) is 4.79 Å². The van der Waals surface area contributed by atoms with Crippen molar-refractivity contribution in [2.24, 2.45) is 11.8 Å². The minimum Gasteiger partial charge on any atom is -0.299 e. The van der Waals surface area contributed by atoms with Gasteiger partial charge >= 0.3 is 0 Å². The fourth-order valence-corrected chi connectivity index (χ4v) is 2.49. The second kappa shape index (κ2) is 5.81. The summed E-state index contributed by atoms with van der Waals surface area (Å²) in [5.74, 6) is 1.43. The van der Waals surface area contributed by atoms with Gasteiger partial charge in [0.15, 0.2) is 0 Å². The highest BCUT2D eigenvalue weighted by atomic mass is 16.1. The fourth-order valence-electron chi connectivity index (χ4n) is 2.49. The summed E-state index contributed by atoms with van der Waals surface area (Å²) in [7, 11) is 0. The van der Waals surface area contributed by atoms with E-state index >= 15 is 0 Å². The van der Waals surface area contributed by atoms with Gasteiger partial charge in [-0.25, -0.2) is 0 Å². The van der Waals surface area contributed by atoms with Gasteiger partial charge in [0.1, 0.15) is 5.78 Å². The van der Waals surface area contributed by atoms with Crippen LogP contribution in [0.4, 0.5) is 0 Å². The molecule has 1 aliphatic carbocycles. The molecule has 2 unspecified atom stereocenters. The molecule has 90 valence electrons. The summed E-state index contributed by atoms with van der Waals surface area (Å²) in [4.78, 5) is 11.7. The molecule has 2 rings (SSSR count). The topological polar surface area (TPSA) is 17.1 Å². The Labute approximate surface area is 104 Å². The number of benzene rings is 1. The number of carbonyl (C=O) groups excluding carboxylic acids is 1.